The third-order valence-corrected chi connectivity index (χ3v) is 6.97. The molecule has 2 aliphatic heterocycles. The number of benzene rings is 2. The first-order valence-electron chi connectivity index (χ1n) is 11.0. The molecule has 6 rings (SSSR count). The lowest BCUT2D eigenvalue weighted by molar-refractivity contribution is -0.142. The number of furan rings is 1. The van der Waals surface area contributed by atoms with Gasteiger partial charge in [0.05, 0.1) is 6.04 Å². The summed E-state index contributed by atoms with van der Waals surface area (Å²) in [6.07, 6.45) is 5.04. The normalized spacial score (nSPS) is 27.4. The molecule has 1 saturated carbocycles. The summed E-state index contributed by atoms with van der Waals surface area (Å²) in [4.78, 5) is 0. The summed E-state index contributed by atoms with van der Waals surface area (Å²) >= 11 is 0. The Kier molecular flexibility index (Phi) is 4.02. The Morgan fingerprint density at radius 3 is 2.47 bits per heavy atom. The van der Waals surface area contributed by atoms with Gasteiger partial charge in [-0.05, 0) is 49.4 Å². The summed E-state index contributed by atoms with van der Waals surface area (Å²) in [6, 6.07) is 23.6. The molecule has 3 aromatic rings. The van der Waals surface area contributed by atoms with E-state index in [0.29, 0.717) is 5.92 Å². The summed E-state index contributed by atoms with van der Waals surface area (Å²) in [5, 5.41) is 7.37. The van der Waals surface area contributed by atoms with Gasteiger partial charge in [0.1, 0.15) is 23.0 Å². The Balaban J connectivity index is 1.35. The lowest BCUT2D eigenvalue weighted by Gasteiger charge is -2.50. The number of ether oxygens (including phenoxy) is 1. The van der Waals surface area contributed by atoms with Crippen molar-refractivity contribution < 1.29 is 9.15 Å². The molecule has 0 bridgehead atoms. The van der Waals surface area contributed by atoms with Crippen LogP contribution in [0.15, 0.2) is 76.2 Å². The molecule has 4 nitrogen and oxygen atoms in total. The maximum Gasteiger partial charge on any atom is 0.198 e. The van der Waals surface area contributed by atoms with E-state index >= 15 is 0 Å². The van der Waals surface area contributed by atoms with Crippen molar-refractivity contribution in [3.8, 4) is 5.75 Å². The van der Waals surface area contributed by atoms with Crippen molar-refractivity contribution in [2.24, 2.45) is 5.10 Å². The Hall–Kier alpha value is -3.01. The number of nitrogens with zero attached hydrogens (tertiary/aromatic N) is 2. The van der Waals surface area contributed by atoms with Gasteiger partial charge in [0.25, 0.3) is 0 Å². The molecule has 30 heavy (non-hydrogen) atoms. The number of para-hydroxylation sites is 1. The van der Waals surface area contributed by atoms with E-state index in [-0.39, 0.29) is 11.8 Å². The summed E-state index contributed by atoms with van der Waals surface area (Å²) in [7, 11) is 0. The number of hydrogen-bond acceptors (Lipinski definition) is 4. The van der Waals surface area contributed by atoms with Gasteiger partial charge in [-0.2, -0.15) is 5.10 Å². The van der Waals surface area contributed by atoms with Gasteiger partial charge in [-0.3, -0.25) is 0 Å². The van der Waals surface area contributed by atoms with Crippen LogP contribution in [0.4, 0.5) is 0 Å². The standard InChI is InChI=1S/C26H26N2O2/c1-18-11-12-25(29-18)22-17-23-21-9-5-6-10-24(21)30-26(28(23)27-22)15-13-20(14-16-26)19-7-3-2-4-8-19/h2-12,20,23H,13-17H2,1H3/t20?,23-,26?/m0/s1. The van der Waals surface area contributed by atoms with E-state index in [1.807, 2.05) is 19.1 Å². The third kappa shape index (κ3) is 2.78. The molecule has 0 amide bonds. The quantitative estimate of drug-likeness (QED) is 0.517. The van der Waals surface area contributed by atoms with Crippen molar-refractivity contribution in [1.29, 1.82) is 0 Å². The van der Waals surface area contributed by atoms with E-state index < -0.39 is 0 Å². The Morgan fingerprint density at radius 2 is 1.70 bits per heavy atom. The minimum Gasteiger partial charge on any atom is -0.466 e. The van der Waals surface area contributed by atoms with Crippen LogP contribution in [0.25, 0.3) is 0 Å². The van der Waals surface area contributed by atoms with Crippen LogP contribution in [0.5, 0.6) is 5.75 Å². The van der Waals surface area contributed by atoms with Crippen LogP contribution in [0, 0.1) is 6.92 Å². The van der Waals surface area contributed by atoms with E-state index in [4.69, 9.17) is 14.3 Å². The lowest BCUT2D eigenvalue weighted by Crippen LogP contribution is -2.55. The Bertz CT molecular complexity index is 1090. The molecule has 1 spiro atoms. The van der Waals surface area contributed by atoms with Crippen LogP contribution >= 0.6 is 0 Å². The molecule has 1 aromatic heterocycles. The summed E-state index contributed by atoms with van der Waals surface area (Å²) in [6.45, 7) is 1.98. The SMILES string of the molecule is Cc1ccc(C2=NN3[C@@H](C2)c2ccccc2OC32CCC(c3ccccc3)CC2)o1. The smallest absolute Gasteiger partial charge is 0.198 e. The van der Waals surface area contributed by atoms with E-state index in [2.05, 4.69) is 59.6 Å². The van der Waals surface area contributed by atoms with Crippen LogP contribution < -0.4 is 4.74 Å². The van der Waals surface area contributed by atoms with Crippen LogP contribution in [0.2, 0.25) is 0 Å². The fourth-order valence-electron chi connectivity index (χ4n) is 5.43. The predicted octanol–water partition coefficient (Wildman–Crippen LogP) is 6.19. The van der Waals surface area contributed by atoms with E-state index in [9.17, 15) is 0 Å². The monoisotopic (exact) mass is 398 g/mol. The van der Waals surface area contributed by atoms with Crippen LogP contribution in [-0.2, 0) is 0 Å². The van der Waals surface area contributed by atoms with Gasteiger partial charge in [-0.25, -0.2) is 5.01 Å². The van der Waals surface area contributed by atoms with Gasteiger partial charge in [0.15, 0.2) is 5.72 Å². The molecule has 4 heteroatoms. The molecule has 0 N–H and O–H groups in total. The molecule has 152 valence electrons. The van der Waals surface area contributed by atoms with E-state index in [1.165, 1.54) is 11.1 Å². The van der Waals surface area contributed by atoms with Gasteiger partial charge >= 0.3 is 0 Å². The van der Waals surface area contributed by atoms with Gasteiger partial charge < -0.3 is 9.15 Å². The highest BCUT2D eigenvalue weighted by Crippen LogP contribution is 2.52. The zero-order valence-electron chi connectivity index (χ0n) is 17.3. The Labute approximate surface area is 177 Å². The first kappa shape index (κ1) is 17.8. The molecular weight excluding hydrogens is 372 g/mol. The zero-order chi connectivity index (χ0) is 20.1. The third-order valence-electron chi connectivity index (χ3n) is 6.97. The highest BCUT2D eigenvalue weighted by Gasteiger charge is 2.52. The fraction of sp³-hybridized carbons (Fsp3) is 0.346. The van der Waals surface area contributed by atoms with Crippen molar-refractivity contribution in [2.75, 3.05) is 0 Å². The van der Waals surface area contributed by atoms with Crippen molar-refractivity contribution >= 4 is 5.71 Å². The van der Waals surface area contributed by atoms with Gasteiger partial charge in [-0.15, -0.1) is 0 Å². The maximum atomic E-state index is 6.74. The molecule has 0 saturated heterocycles. The van der Waals surface area contributed by atoms with Crippen LogP contribution in [-0.4, -0.2) is 16.4 Å². The van der Waals surface area contributed by atoms with Gasteiger partial charge in [0.2, 0.25) is 0 Å². The second kappa shape index (κ2) is 6.76. The van der Waals surface area contributed by atoms with Gasteiger partial charge in [0, 0.05) is 24.8 Å². The lowest BCUT2D eigenvalue weighted by atomic mass is 9.78. The van der Waals surface area contributed by atoms with Crippen molar-refractivity contribution in [1.82, 2.24) is 5.01 Å². The summed E-state index contributed by atoms with van der Waals surface area (Å²) < 4.78 is 12.7. The molecule has 1 atom stereocenters. The Morgan fingerprint density at radius 1 is 0.933 bits per heavy atom. The highest BCUT2D eigenvalue weighted by atomic mass is 16.5. The summed E-state index contributed by atoms with van der Waals surface area (Å²) in [5.74, 6) is 3.42. The molecular formula is C26H26N2O2. The molecule has 2 aromatic carbocycles. The molecule has 3 aliphatic rings. The van der Waals surface area contributed by atoms with E-state index in [0.717, 1.165) is 55.1 Å². The van der Waals surface area contributed by atoms with Crippen molar-refractivity contribution in [3.63, 3.8) is 0 Å². The van der Waals surface area contributed by atoms with Gasteiger partial charge in [-0.1, -0.05) is 48.5 Å². The second-order valence-electron chi connectivity index (χ2n) is 8.79. The average molecular weight is 399 g/mol. The first-order chi connectivity index (χ1) is 14.7. The number of rotatable bonds is 2. The zero-order valence-corrected chi connectivity index (χ0v) is 17.3. The number of aryl methyl sites for hydroxylation is 1. The number of hydrazone groups is 1. The molecule has 0 radical (unpaired) electrons. The van der Waals surface area contributed by atoms with Crippen LogP contribution in [0.3, 0.4) is 0 Å². The summed E-state index contributed by atoms with van der Waals surface area (Å²) in [5.41, 5.74) is 3.33. The molecule has 1 fully saturated rings. The van der Waals surface area contributed by atoms with Crippen LogP contribution in [0.1, 0.15) is 66.7 Å². The fourth-order valence-corrected chi connectivity index (χ4v) is 5.43. The minimum absolute atomic E-state index is 0.212. The largest absolute Gasteiger partial charge is 0.466 e. The number of hydrogen-bond donors (Lipinski definition) is 0. The molecule has 1 aliphatic carbocycles. The number of fused-ring (bicyclic) bond motifs is 4. The average Bonchev–Trinajstić information content (AvgIpc) is 3.42. The molecule has 0 unspecified atom stereocenters. The second-order valence-corrected chi connectivity index (χ2v) is 8.79. The van der Waals surface area contributed by atoms with E-state index in [1.54, 1.807) is 0 Å². The van der Waals surface area contributed by atoms with Crippen molar-refractivity contribution in [2.45, 2.75) is 56.7 Å². The first-order valence-corrected chi connectivity index (χ1v) is 11.0. The minimum atomic E-state index is -0.367. The highest BCUT2D eigenvalue weighted by molar-refractivity contribution is 5.99. The molecule has 3 heterocycles. The van der Waals surface area contributed by atoms with Crippen molar-refractivity contribution in [3.05, 3.63) is 89.4 Å². The topological polar surface area (TPSA) is 38.0 Å². The predicted molar refractivity (Wildman–Crippen MR) is 117 cm³/mol. The maximum absolute atomic E-state index is 6.74.